The van der Waals surface area contributed by atoms with Gasteiger partial charge >= 0.3 is 0 Å². The second-order valence-corrected chi connectivity index (χ2v) is 6.89. The van der Waals surface area contributed by atoms with Gasteiger partial charge in [-0.3, -0.25) is 28.9 Å². The Bertz CT molecular complexity index is 611. The number of nitrogens with two attached hydrogens (primary N) is 1. The van der Waals surface area contributed by atoms with Crippen molar-refractivity contribution in [3.63, 3.8) is 0 Å². The van der Waals surface area contributed by atoms with E-state index < -0.39 is 23.9 Å². The smallest absolute Gasteiger partial charge is 0.253 e. The normalized spacial score (nSPS) is 15.8. The van der Waals surface area contributed by atoms with Gasteiger partial charge in [-0.15, -0.1) is 0 Å². The van der Waals surface area contributed by atoms with Gasteiger partial charge in [0.2, 0.25) is 17.7 Å². The summed E-state index contributed by atoms with van der Waals surface area (Å²) >= 11 is 0. The molecule has 2 atom stereocenters. The van der Waals surface area contributed by atoms with E-state index in [9.17, 15) is 24.0 Å². The molecule has 1 unspecified atom stereocenters. The molecule has 0 aliphatic carbocycles. The SMILES string of the molecule is CC(NC(=O)[C@H](NC(=O)CCCCCN1C(=O)C=CC1=O)C(C)C)C(N)=O. The molecule has 4 N–H and O–H groups in total. The third kappa shape index (κ3) is 7.20. The van der Waals surface area contributed by atoms with Gasteiger partial charge in [-0.2, -0.15) is 0 Å². The lowest BCUT2D eigenvalue weighted by Crippen LogP contribution is -2.53. The van der Waals surface area contributed by atoms with Gasteiger partial charge in [0.1, 0.15) is 12.1 Å². The van der Waals surface area contributed by atoms with Crippen molar-refractivity contribution in [1.82, 2.24) is 15.5 Å². The summed E-state index contributed by atoms with van der Waals surface area (Å²) in [6, 6.07) is -1.58. The summed E-state index contributed by atoms with van der Waals surface area (Å²) in [7, 11) is 0. The van der Waals surface area contributed by atoms with Crippen LogP contribution in [0.5, 0.6) is 0 Å². The van der Waals surface area contributed by atoms with Gasteiger partial charge in [0.05, 0.1) is 0 Å². The van der Waals surface area contributed by atoms with Gasteiger partial charge in [-0.25, -0.2) is 0 Å². The van der Waals surface area contributed by atoms with Crippen molar-refractivity contribution < 1.29 is 24.0 Å². The number of primary amides is 1. The Morgan fingerprint density at radius 3 is 2.11 bits per heavy atom. The van der Waals surface area contributed by atoms with Crippen LogP contribution in [-0.4, -0.2) is 53.1 Å². The quantitative estimate of drug-likeness (QED) is 0.331. The van der Waals surface area contributed by atoms with Crippen LogP contribution in [0, 0.1) is 5.92 Å². The summed E-state index contributed by atoms with van der Waals surface area (Å²) < 4.78 is 0. The highest BCUT2D eigenvalue weighted by molar-refractivity contribution is 6.12. The third-order valence-electron chi connectivity index (χ3n) is 4.24. The minimum absolute atomic E-state index is 0.159. The highest BCUT2D eigenvalue weighted by Gasteiger charge is 2.26. The van der Waals surface area contributed by atoms with E-state index in [2.05, 4.69) is 10.6 Å². The molecule has 0 radical (unpaired) electrons. The third-order valence-corrected chi connectivity index (χ3v) is 4.24. The number of hydrogen-bond donors (Lipinski definition) is 3. The molecule has 0 saturated carbocycles. The zero-order chi connectivity index (χ0) is 20.6. The molecule has 9 nitrogen and oxygen atoms in total. The molecule has 1 rings (SSSR count). The number of hydrogen-bond acceptors (Lipinski definition) is 5. The van der Waals surface area contributed by atoms with E-state index in [0.717, 1.165) is 0 Å². The number of carbonyl (C=O) groups is 5. The maximum atomic E-state index is 12.2. The lowest BCUT2D eigenvalue weighted by Gasteiger charge is -2.23. The first-order valence-electron chi connectivity index (χ1n) is 9.06. The van der Waals surface area contributed by atoms with E-state index in [-0.39, 0.29) is 30.1 Å². The molecule has 1 aliphatic rings. The van der Waals surface area contributed by atoms with Crippen molar-refractivity contribution in [2.45, 2.75) is 58.5 Å². The summed E-state index contributed by atoms with van der Waals surface area (Å²) in [6.45, 7) is 5.38. The molecular weight excluding hydrogens is 352 g/mol. The molecule has 0 aromatic carbocycles. The molecule has 0 bridgehead atoms. The van der Waals surface area contributed by atoms with Gasteiger partial charge in [0.25, 0.3) is 11.8 Å². The molecule has 1 aliphatic heterocycles. The van der Waals surface area contributed by atoms with Gasteiger partial charge in [0, 0.05) is 25.1 Å². The topological polar surface area (TPSA) is 139 Å². The maximum absolute atomic E-state index is 12.2. The minimum atomic E-state index is -0.818. The molecule has 0 spiro atoms. The zero-order valence-corrected chi connectivity index (χ0v) is 16.0. The molecule has 150 valence electrons. The Morgan fingerprint density at radius 2 is 1.59 bits per heavy atom. The molecular formula is C18H28N4O5. The van der Waals surface area contributed by atoms with Crippen molar-refractivity contribution in [2.75, 3.05) is 6.54 Å². The fourth-order valence-corrected chi connectivity index (χ4v) is 2.54. The summed E-state index contributed by atoms with van der Waals surface area (Å²) in [5, 5.41) is 5.15. The number of nitrogens with zero attached hydrogens (tertiary/aromatic N) is 1. The zero-order valence-electron chi connectivity index (χ0n) is 16.0. The molecule has 0 fully saturated rings. The van der Waals surface area contributed by atoms with Crippen LogP contribution in [0.1, 0.15) is 46.5 Å². The second kappa shape index (κ2) is 10.4. The van der Waals surface area contributed by atoms with Crippen LogP contribution in [0.4, 0.5) is 0 Å². The van der Waals surface area contributed by atoms with Gasteiger partial charge in [-0.05, 0) is 25.7 Å². The van der Waals surface area contributed by atoms with Gasteiger partial charge in [0.15, 0.2) is 0 Å². The number of carbonyl (C=O) groups excluding carboxylic acids is 5. The van der Waals surface area contributed by atoms with Gasteiger partial charge < -0.3 is 16.4 Å². The molecule has 1 heterocycles. The standard InChI is InChI=1S/C18H28N4O5/c1-11(2)16(18(27)20-12(3)17(19)26)21-13(23)7-5-4-6-10-22-14(24)8-9-15(22)25/h8-9,11-12,16H,4-7,10H2,1-3H3,(H2,19,26)(H,20,27)(H,21,23)/t12?,16-/m1/s1. The number of rotatable bonds is 11. The molecule has 27 heavy (non-hydrogen) atoms. The Kier molecular flexibility index (Phi) is 8.64. The van der Waals surface area contributed by atoms with Crippen LogP contribution in [0.2, 0.25) is 0 Å². The monoisotopic (exact) mass is 380 g/mol. The van der Waals surface area contributed by atoms with E-state index in [1.165, 1.54) is 24.0 Å². The maximum Gasteiger partial charge on any atom is 0.253 e. The van der Waals surface area contributed by atoms with Crippen molar-refractivity contribution in [1.29, 1.82) is 0 Å². The highest BCUT2D eigenvalue weighted by atomic mass is 16.2. The van der Waals surface area contributed by atoms with Crippen molar-refractivity contribution in [3.05, 3.63) is 12.2 Å². The molecule has 9 heteroatoms. The molecule has 0 saturated heterocycles. The van der Waals surface area contributed by atoms with E-state index in [4.69, 9.17) is 5.73 Å². The summed E-state index contributed by atoms with van der Waals surface area (Å²) in [6.07, 6.45) is 4.55. The molecule has 0 aromatic heterocycles. The molecule has 5 amide bonds. The van der Waals surface area contributed by atoms with Crippen LogP contribution in [-0.2, 0) is 24.0 Å². The lowest BCUT2D eigenvalue weighted by atomic mass is 10.0. The average Bonchev–Trinajstić information content (AvgIpc) is 2.90. The van der Waals surface area contributed by atoms with Crippen molar-refractivity contribution >= 4 is 29.5 Å². The average molecular weight is 380 g/mol. The summed E-state index contributed by atoms with van der Waals surface area (Å²) in [5.41, 5.74) is 5.13. The van der Waals surface area contributed by atoms with Crippen LogP contribution >= 0.6 is 0 Å². The lowest BCUT2D eigenvalue weighted by molar-refractivity contribution is -0.137. The van der Waals surface area contributed by atoms with Crippen molar-refractivity contribution in [2.24, 2.45) is 11.7 Å². The first-order valence-corrected chi connectivity index (χ1v) is 9.06. The second-order valence-electron chi connectivity index (χ2n) is 6.89. The number of imide groups is 1. The van der Waals surface area contributed by atoms with Crippen LogP contribution in [0.25, 0.3) is 0 Å². The summed E-state index contributed by atoms with van der Waals surface area (Å²) in [5.74, 6) is -2.16. The van der Waals surface area contributed by atoms with Crippen molar-refractivity contribution in [3.8, 4) is 0 Å². The predicted molar refractivity (Wildman–Crippen MR) is 97.9 cm³/mol. The number of nitrogens with one attached hydrogen (secondary N) is 2. The predicted octanol–water partition coefficient (Wildman–Crippen LogP) is -0.397. The van der Waals surface area contributed by atoms with E-state index in [1.54, 1.807) is 13.8 Å². The Hall–Kier alpha value is -2.71. The largest absolute Gasteiger partial charge is 0.368 e. The van der Waals surface area contributed by atoms with E-state index in [0.29, 0.717) is 25.8 Å². The van der Waals surface area contributed by atoms with E-state index in [1.807, 2.05) is 0 Å². The Morgan fingerprint density at radius 1 is 1.00 bits per heavy atom. The van der Waals surface area contributed by atoms with Crippen LogP contribution in [0.15, 0.2) is 12.2 Å². The summed E-state index contributed by atoms with van der Waals surface area (Å²) in [4.78, 5) is 59.4. The van der Waals surface area contributed by atoms with Crippen LogP contribution < -0.4 is 16.4 Å². The van der Waals surface area contributed by atoms with Crippen LogP contribution in [0.3, 0.4) is 0 Å². The minimum Gasteiger partial charge on any atom is -0.368 e. The van der Waals surface area contributed by atoms with Gasteiger partial charge in [-0.1, -0.05) is 20.3 Å². The number of unbranched alkanes of at least 4 members (excludes halogenated alkanes) is 2. The Balaban J connectivity index is 2.33. The first kappa shape index (κ1) is 22.3. The molecule has 0 aromatic rings. The highest BCUT2D eigenvalue weighted by Crippen LogP contribution is 2.08. The first-order chi connectivity index (χ1) is 12.6. The fourth-order valence-electron chi connectivity index (χ4n) is 2.54. The number of amides is 5. The Labute approximate surface area is 158 Å². The fraction of sp³-hybridized carbons (Fsp3) is 0.611. The van der Waals surface area contributed by atoms with E-state index >= 15 is 0 Å².